The summed E-state index contributed by atoms with van der Waals surface area (Å²) in [6.07, 6.45) is 14.9. The van der Waals surface area contributed by atoms with E-state index in [4.69, 9.17) is 0 Å². The van der Waals surface area contributed by atoms with Gasteiger partial charge in [-0.1, -0.05) is 89.5 Å². The predicted octanol–water partition coefficient (Wildman–Crippen LogP) is 6.95. The summed E-state index contributed by atoms with van der Waals surface area (Å²) in [6, 6.07) is 8.09. The molecule has 1 aromatic rings. The molecule has 1 aromatic carbocycles. The molecule has 0 spiro atoms. The Morgan fingerprint density at radius 1 is 0.852 bits per heavy atom. The van der Waals surface area contributed by atoms with Crippen LogP contribution in [0.25, 0.3) is 0 Å². The van der Waals surface area contributed by atoms with Gasteiger partial charge in [0.2, 0.25) is 0 Å². The Hall–Kier alpha value is -1.44. The fourth-order valence-electron chi connectivity index (χ4n) is 4.29. The highest BCUT2D eigenvalue weighted by Crippen LogP contribution is 2.34. The molecule has 27 heavy (non-hydrogen) atoms. The zero-order valence-corrected chi connectivity index (χ0v) is 17.5. The molecule has 1 fully saturated rings. The lowest BCUT2D eigenvalue weighted by atomic mass is 9.78. The highest BCUT2D eigenvalue weighted by Gasteiger charge is 2.20. The van der Waals surface area contributed by atoms with Gasteiger partial charge in [0.05, 0.1) is 0 Å². The van der Waals surface area contributed by atoms with Crippen LogP contribution >= 0.6 is 0 Å². The molecular formula is C25H38O2. The number of Topliss-reactive ketones (excluding diaryl/α,β-unsaturated/α-hetero) is 2. The van der Waals surface area contributed by atoms with Crippen LogP contribution in [-0.2, 0) is 11.2 Å². The number of ketones is 2. The first-order valence-electron chi connectivity index (χ1n) is 11.3. The molecule has 0 N–H and O–H groups in total. The smallest absolute Gasteiger partial charge is 0.163 e. The summed E-state index contributed by atoms with van der Waals surface area (Å²) >= 11 is 0. The first-order chi connectivity index (χ1) is 13.1. The van der Waals surface area contributed by atoms with Crippen LogP contribution in [0.4, 0.5) is 0 Å². The molecule has 1 saturated carbocycles. The summed E-state index contributed by atoms with van der Waals surface area (Å²) in [6.45, 7) is 4.13. The summed E-state index contributed by atoms with van der Waals surface area (Å²) in [4.78, 5) is 23.5. The Morgan fingerprint density at radius 3 is 2.07 bits per heavy atom. The molecule has 0 heterocycles. The minimum Gasteiger partial charge on any atom is -0.300 e. The Kier molecular flexibility index (Phi) is 9.80. The van der Waals surface area contributed by atoms with E-state index in [-0.39, 0.29) is 11.6 Å². The first-order valence-corrected chi connectivity index (χ1v) is 11.3. The second-order valence-corrected chi connectivity index (χ2v) is 8.43. The summed E-state index contributed by atoms with van der Waals surface area (Å²) < 4.78 is 0. The van der Waals surface area contributed by atoms with Crippen molar-refractivity contribution in [3.05, 3.63) is 35.4 Å². The second-order valence-electron chi connectivity index (χ2n) is 8.43. The lowest BCUT2D eigenvalue weighted by molar-refractivity contribution is -0.118. The monoisotopic (exact) mass is 370 g/mol. The van der Waals surface area contributed by atoms with Gasteiger partial charge in [0.25, 0.3) is 0 Å². The lowest BCUT2D eigenvalue weighted by Gasteiger charge is -2.28. The van der Waals surface area contributed by atoms with E-state index in [0.717, 1.165) is 23.8 Å². The van der Waals surface area contributed by atoms with Gasteiger partial charge in [0.1, 0.15) is 5.78 Å². The van der Waals surface area contributed by atoms with Crippen LogP contribution in [-0.4, -0.2) is 11.6 Å². The van der Waals surface area contributed by atoms with E-state index in [2.05, 4.69) is 19.1 Å². The van der Waals surface area contributed by atoms with E-state index in [1.54, 1.807) is 0 Å². The molecule has 150 valence electrons. The summed E-state index contributed by atoms with van der Waals surface area (Å²) in [7, 11) is 0. The van der Waals surface area contributed by atoms with E-state index in [9.17, 15) is 9.59 Å². The average Bonchev–Trinajstić information content (AvgIpc) is 2.71. The lowest BCUT2D eigenvalue weighted by Crippen LogP contribution is -2.15. The molecule has 0 saturated heterocycles. The maximum absolute atomic E-state index is 12.2. The van der Waals surface area contributed by atoms with Crippen LogP contribution in [0.2, 0.25) is 0 Å². The van der Waals surface area contributed by atoms with Gasteiger partial charge in [-0.25, -0.2) is 0 Å². The molecule has 0 radical (unpaired) electrons. The number of rotatable bonds is 12. The van der Waals surface area contributed by atoms with Crippen molar-refractivity contribution in [2.75, 3.05) is 0 Å². The molecule has 0 unspecified atom stereocenters. The van der Waals surface area contributed by atoms with Gasteiger partial charge in [-0.3, -0.25) is 9.59 Å². The fraction of sp³-hybridized carbons (Fsp3) is 0.680. The number of unbranched alkanes of at least 4 members (excludes halogenated alkanes) is 2. The maximum atomic E-state index is 12.2. The molecule has 0 aliphatic heterocycles. The van der Waals surface area contributed by atoms with Crippen molar-refractivity contribution in [1.82, 2.24) is 0 Å². The third-order valence-corrected chi connectivity index (χ3v) is 6.32. The number of hydrogen-bond donors (Lipinski definition) is 0. The van der Waals surface area contributed by atoms with Crippen molar-refractivity contribution < 1.29 is 9.59 Å². The van der Waals surface area contributed by atoms with E-state index < -0.39 is 0 Å². The van der Waals surface area contributed by atoms with Crippen LogP contribution in [0.3, 0.4) is 0 Å². The highest BCUT2D eigenvalue weighted by atomic mass is 16.1. The third-order valence-electron chi connectivity index (χ3n) is 6.32. The average molecular weight is 371 g/mol. The highest BCUT2D eigenvalue weighted by molar-refractivity contribution is 5.98. The number of carbonyl (C=O) groups excluding carboxylic acids is 2. The maximum Gasteiger partial charge on any atom is 0.163 e. The summed E-state index contributed by atoms with van der Waals surface area (Å²) in [5, 5.41) is 0. The minimum absolute atomic E-state index is 0.0877. The zero-order chi connectivity index (χ0) is 19.5. The van der Waals surface area contributed by atoms with Crippen molar-refractivity contribution in [1.29, 1.82) is 0 Å². The quantitative estimate of drug-likeness (QED) is 0.295. The molecule has 0 bridgehead atoms. The molecule has 2 nitrogen and oxygen atoms in total. The van der Waals surface area contributed by atoms with Crippen LogP contribution in [0.15, 0.2) is 24.3 Å². The topological polar surface area (TPSA) is 34.1 Å². The Morgan fingerprint density at radius 2 is 1.48 bits per heavy atom. The van der Waals surface area contributed by atoms with Gasteiger partial charge in [0.15, 0.2) is 5.78 Å². The van der Waals surface area contributed by atoms with Crippen LogP contribution in [0.1, 0.15) is 107 Å². The van der Waals surface area contributed by atoms with Crippen molar-refractivity contribution >= 4 is 11.6 Å². The van der Waals surface area contributed by atoms with Gasteiger partial charge in [-0.05, 0) is 30.2 Å². The number of benzene rings is 1. The number of hydrogen-bond acceptors (Lipinski definition) is 2. The Bertz CT molecular complexity index is 564. The first kappa shape index (κ1) is 21.9. The molecule has 2 heteroatoms. The van der Waals surface area contributed by atoms with Crippen molar-refractivity contribution in [3.8, 4) is 0 Å². The standard InChI is InChI=1S/C25H38O2/c1-3-5-6-7-20-8-10-21(11-9-20)12-13-22-14-16-23(17-15-22)25(27)19-18-24(26)4-2/h14-17,20-21H,3-13,18-19H2,1-2H3. The van der Waals surface area contributed by atoms with Crippen molar-refractivity contribution in [3.63, 3.8) is 0 Å². The van der Waals surface area contributed by atoms with Crippen LogP contribution in [0.5, 0.6) is 0 Å². The van der Waals surface area contributed by atoms with E-state index in [1.807, 2.05) is 19.1 Å². The summed E-state index contributed by atoms with van der Waals surface area (Å²) in [5.41, 5.74) is 2.08. The molecule has 1 aliphatic rings. The molecule has 2 rings (SSSR count). The van der Waals surface area contributed by atoms with Gasteiger partial charge < -0.3 is 0 Å². The minimum atomic E-state index is 0.0877. The molecule has 1 aliphatic carbocycles. The van der Waals surface area contributed by atoms with Gasteiger partial charge in [0, 0.05) is 24.8 Å². The largest absolute Gasteiger partial charge is 0.300 e. The van der Waals surface area contributed by atoms with Gasteiger partial charge >= 0.3 is 0 Å². The molecule has 0 aromatic heterocycles. The third kappa shape index (κ3) is 7.99. The van der Waals surface area contributed by atoms with Gasteiger partial charge in [-0.2, -0.15) is 0 Å². The Balaban J connectivity index is 1.68. The van der Waals surface area contributed by atoms with E-state index in [1.165, 1.54) is 63.4 Å². The van der Waals surface area contributed by atoms with E-state index in [0.29, 0.717) is 19.3 Å². The second kappa shape index (κ2) is 12.1. The number of carbonyl (C=O) groups is 2. The molecular weight excluding hydrogens is 332 g/mol. The van der Waals surface area contributed by atoms with Crippen molar-refractivity contribution in [2.45, 2.75) is 97.3 Å². The SMILES string of the molecule is CCCCCC1CCC(CCc2ccc(C(=O)CCC(=O)CC)cc2)CC1. The predicted molar refractivity (Wildman–Crippen MR) is 113 cm³/mol. The van der Waals surface area contributed by atoms with Gasteiger partial charge in [-0.15, -0.1) is 0 Å². The Labute approximate surface area is 166 Å². The normalized spacial score (nSPS) is 19.8. The molecule has 0 atom stereocenters. The van der Waals surface area contributed by atoms with Crippen molar-refractivity contribution in [2.24, 2.45) is 11.8 Å². The van der Waals surface area contributed by atoms with E-state index >= 15 is 0 Å². The van der Waals surface area contributed by atoms with Crippen LogP contribution < -0.4 is 0 Å². The fourth-order valence-corrected chi connectivity index (χ4v) is 4.29. The summed E-state index contributed by atoms with van der Waals surface area (Å²) in [5.74, 6) is 2.12. The molecule has 0 amide bonds. The van der Waals surface area contributed by atoms with Crippen LogP contribution in [0, 0.1) is 11.8 Å². The zero-order valence-electron chi connectivity index (χ0n) is 17.5. The number of aryl methyl sites for hydroxylation is 1.